The highest BCUT2D eigenvalue weighted by molar-refractivity contribution is 5.79. The Balaban J connectivity index is 1.78. The summed E-state index contributed by atoms with van der Waals surface area (Å²) in [4.78, 5) is 12.2. The largest absolute Gasteiger partial charge is 0.461 e. The van der Waals surface area contributed by atoms with Crippen molar-refractivity contribution < 1.29 is 19.4 Å². The molecule has 0 fully saturated rings. The fraction of sp³-hybridized carbons (Fsp3) is 0.276. The van der Waals surface area contributed by atoms with E-state index in [1.807, 2.05) is 63.2 Å². The highest BCUT2D eigenvalue weighted by Gasteiger charge is 2.24. The number of benzene rings is 3. The summed E-state index contributed by atoms with van der Waals surface area (Å²) < 4.78 is 11.0. The van der Waals surface area contributed by atoms with E-state index in [9.17, 15) is 9.90 Å². The molecule has 4 nitrogen and oxygen atoms in total. The molecule has 0 aliphatic carbocycles. The Morgan fingerprint density at radius 3 is 1.94 bits per heavy atom. The van der Waals surface area contributed by atoms with Crippen molar-refractivity contribution in [2.75, 3.05) is 0 Å². The van der Waals surface area contributed by atoms with Crippen LogP contribution in [0.1, 0.15) is 40.2 Å². The molecule has 33 heavy (non-hydrogen) atoms. The lowest BCUT2D eigenvalue weighted by Crippen LogP contribution is -2.25. The average Bonchev–Trinajstić information content (AvgIpc) is 2.79. The topological polar surface area (TPSA) is 55.8 Å². The summed E-state index contributed by atoms with van der Waals surface area (Å²) in [6.45, 7) is 13.0. The first kappa shape index (κ1) is 24.3. The number of aryl methyl sites for hydroxylation is 1. The minimum Gasteiger partial charge on any atom is -0.461 e. The van der Waals surface area contributed by atoms with Crippen LogP contribution in [-0.2, 0) is 11.2 Å². The molecule has 4 heteroatoms. The zero-order valence-corrected chi connectivity index (χ0v) is 20.0. The lowest BCUT2D eigenvalue weighted by atomic mass is 9.95. The van der Waals surface area contributed by atoms with Gasteiger partial charge in [-0.1, -0.05) is 56.0 Å². The van der Waals surface area contributed by atoms with E-state index in [1.165, 1.54) is 0 Å². The molecule has 0 aliphatic heterocycles. The second-order valence-electron chi connectivity index (χ2n) is 9.23. The number of carbonyl (C=O) groups is 1. The molecule has 1 atom stereocenters. The quantitative estimate of drug-likeness (QED) is 0.188. The molecule has 0 bridgehead atoms. The van der Waals surface area contributed by atoms with Crippen LogP contribution in [0.5, 0.6) is 11.5 Å². The van der Waals surface area contributed by atoms with Crippen molar-refractivity contribution >= 4 is 5.97 Å². The maximum Gasteiger partial charge on any atom is 0.316 e. The monoisotopic (exact) mass is 444 g/mol. The maximum atomic E-state index is 12.2. The molecule has 0 aliphatic rings. The molecule has 0 saturated carbocycles. The molecule has 0 amide bonds. The number of esters is 1. The van der Waals surface area contributed by atoms with Crippen LogP contribution in [-0.4, -0.2) is 17.4 Å². The van der Waals surface area contributed by atoms with Crippen LogP contribution in [0.25, 0.3) is 22.3 Å². The number of hydrogen-bond acceptors (Lipinski definition) is 4. The third-order valence-electron chi connectivity index (χ3n) is 5.33. The summed E-state index contributed by atoms with van der Waals surface area (Å²) in [6.07, 6.45) is -0.179. The van der Waals surface area contributed by atoms with Gasteiger partial charge < -0.3 is 14.6 Å². The predicted molar refractivity (Wildman–Crippen MR) is 133 cm³/mol. The molecule has 1 unspecified atom stereocenters. The molecule has 0 spiro atoms. The van der Waals surface area contributed by atoms with Crippen molar-refractivity contribution in [2.24, 2.45) is 5.41 Å². The van der Waals surface area contributed by atoms with Gasteiger partial charge in [0, 0.05) is 0 Å². The lowest BCUT2D eigenvalue weighted by Gasteiger charge is -2.17. The molecule has 3 aromatic carbocycles. The summed E-state index contributed by atoms with van der Waals surface area (Å²) >= 11 is 0. The van der Waals surface area contributed by atoms with Gasteiger partial charge in [0.1, 0.15) is 11.5 Å². The Labute approximate surface area is 196 Å². The summed E-state index contributed by atoms with van der Waals surface area (Å²) in [5, 5.41) is 9.80. The second kappa shape index (κ2) is 10.1. The number of rotatable bonds is 7. The van der Waals surface area contributed by atoms with Crippen LogP contribution in [0.15, 0.2) is 78.9 Å². The summed E-state index contributed by atoms with van der Waals surface area (Å²) in [6, 6.07) is 21.8. The van der Waals surface area contributed by atoms with Crippen LogP contribution in [0, 0.1) is 5.41 Å². The Kier molecular flexibility index (Phi) is 7.39. The molecule has 0 heterocycles. The Morgan fingerprint density at radius 2 is 1.42 bits per heavy atom. The molecule has 0 saturated heterocycles. The van der Waals surface area contributed by atoms with Crippen LogP contribution in [0.4, 0.5) is 0 Å². The van der Waals surface area contributed by atoms with E-state index >= 15 is 0 Å². The van der Waals surface area contributed by atoms with E-state index in [0.717, 1.165) is 34.2 Å². The van der Waals surface area contributed by atoms with Gasteiger partial charge in [0.15, 0.2) is 0 Å². The van der Waals surface area contributed by atoms with E-state index < -0.39 is 11.7 Å². The molecular weight excluding hydrogens is 412 g/mol. The van der Waals surface area contributed by atoms with Gasteiger partial charge in [-0.25, -0.2) is 0 Å². The summed E-state index contributed by atoms with van der Waals surface area (Å²) in [7, 11) is 0. The number of carbonyl (C=O) groups excluding carboxylic acids is 1. The van der Waals surface area contributed by atoms with E-state index in [2.05, 4.69) is 37.8 Å². The van der Waals surface area contributed by atoms with Crippen LogP contribution >= 0.6 is 0 Å². The second-order valence-corrected chi connectivity index (χ2v) is 9.23. The summed E-state index contributed by atoms with van der Waals surface area (Å²) in [5.41, 5.74) is 5.50. The van der Waals surface area contributed by atoms with Crippen molar-refractivity contribution in [3.05, 3.63) is 84.4 Å². The van der Waals surface area contributed by atoms with Gasteiger partial charge in [0.05, 0.1) is 5.41 Å². The molecule has 1 N–H and O–H groups in total. The fourth-order valence-corrected chi connectivity index (χ4v) is 3.27. The standard InChI is InChI=1S/C29H32O4/c1-7-20-18-25(33-28(31)29(4,5)6)16-17-26(20)23-10-8-21(9-11-23)22-12-14-24(15-13-22)32-27(30)19(2)3/h8-18,27,30H,2,7H2,1,3-6H3. The number of ether oxygens (including phenoxy) is 2. The van der Waals surface area contributed by atoms with Gasteiger partial charge in [0.25, 0.3) is 0 Å². The average molecular weight is 445 g/mol. The predicted octanol–water partition coefficient (Wildman–Crippen LogP) is 6.81. The van der Waals surface area contributed by atoms with Gasteiger partial charge in [-0.05, 0) is 91.8 Å². The zero-order valence-electron chi connectivity index (χ0n) is 20.0. The number of hydrogen-bond donors (Lipinski definition) is 1. The lowest BCUT2D eigenvalue weighted by molar-refractivity contribution is -0.143. The SMILES string of the molecule is C=C(C)C(O)Oc1ccc(-c2ccc(-c3ccc(OC(=O)C(C)(C)C)cc3CC)cc2)cc1. The fourth-order valence-electron chi connectivity index (χ4n) is 3.27. The highest BCUT2D eigenvalue weighted by atomic mass is 16.6. The van der Waals surface area contributed by atoms with Gasteiger partial charge in [0.2, 0.25) is 6.29 Å². The van der Waals surface area contributed by atoms with Crippen molar-refractivity contribution in [3.63, 3.8) is 0 Å². The Bertz CT molecular complexity index is 1120. The van der Waals surface area contributed by atoms with Crippen LogP contribution < -0.4 is 9.47 Å². The van der Waals surface area contributed by atoms with Gasteiger partial charge in [-0.3, -0.25) is 4.79 Å². The first-order valence-corrected chi connectivity index (χ1v) is 11.1. The first-order chi connectivity index (χ1) is 15.6. The van der Waals surface area contributed by atoms with Crippen molar-refractivity contribution in [3.8, 4) is 33.8 Å². The minimum atomic E-state index is -1.01. The molecule has 0 radical (unpaired) electrons. The smallest absolute Gasteiger partial charge is 0.316 e. The van der Waals surface area contributed by atoms with E-state index in [4.69, 9.17) is 9.47 Å². The van der Waals surface area contributed by atoms with Crippen molar-refractivity contribution in [1.29, 1.82) is 0 Å². The molecule has 3 aromatic rings. The third kappa shape index (κ3) is 6.11. The van der Waals surface area contributed by atoms with Crippen LogP contribution in [0.3, 0.4) is 0 Å². The van der Waals surface area contributed by atoms with Crippen molar-refractivity contribution in [1.82, 2.24) is 0 Å². The third-order valence-corrected chi connectivity index (χ3v) is 5.33. The zero-order chi connectivity index (χ0) is 24.2. The van der Waals surface area contributed by atoms with E-state index in [0.29, 0.717) is 17.1 Å². The molecule has 0 aromatic heterocycles. The molecule has 3 rings (SSSR count). The Morgan fingerprint density at radius 1 is 0.909 bits per heavy atom. The highest BCUT2D eigenvalue weighted by Crippen LogP contribution is 2.31. The van der Waals surface area contributed by atoms with Gasteiger partial charge in [-0.15, -0.1) is 0 Å². The number of aliphatic hydroxyl groups excluding tert-OH is 1. The maximum absolute atomic E-state index is 12.2. The minimum absolute atomic E-state index is 0.243. The summed E-state index contributed by atoms with van der Waals surface area (Å²) in [5.74, 6) is 0.920. The number of aliphatic hydroxyl groups is 1. The van der Waals surface area contributed by atoms with Crippen LogP contribution in [0.2, 0.25) is 0 Å². The Hall–Kier alpha value is -3.37. The molecule has 172 valence electrons. The first-order valence-electron chi connectivity index (χ1n) is 11.1. The molecular formula is C29H32O4. The van der Waals surface area contributed by atoms with Gasteiger partial charge >= 0.3 is 5.97 Å². The van der Waals surface area contributed by atoms with E-state index in [-0.39, 0.29) is 5.97 Å². The van der Waals surface area contributed by atoms with Gasteiger partial charge in [-0.2, -0.15) is 0 Å². The normalized spacial score (nSPS) is 12.2. The van der Waals surface area contributed by atoms with Crippen molar-refractivity contribution in [2.45, 2.75) is 47.3 Å². The van der Waals surface area contributed by atoms with E-state index in [1.54, 1.807) is 6.92 Å².